The van der Waals surface area contributed by atoms with Gasteiger partial charge < -0.3 is 0 Å². The summed E-state index contributed by atoms with van der Waals surface area (Å²) in [5.41, 5.74) is 0.166. The van der Waals surface area contributed by atoms with E-state index in [4.69, 9.17) is 23.2 Å². The Kier molecular flexibility index (Phi) is 6.16. The van der Waals surface area contributed by atoms with Crippen LogP contribution in [0.1, 0.15) is 40.5 Å². The highest BCUT2D eigenvalue weighted by Gasteiger charge is 2.36. The topological polar surface area (TPSA) is 3.24 Å². The van der Waals surface area contributed by atoms with E-state index in [0.29, 0.717) is 6.04 Å². The zero-order chi connectivity index (χ0) is 11.7. The van der Waals surface area contributed by atoms with Gasteiger partial charge in [0.25, 0.3) is 0 Å². The number of hydrogen-bond donors (Lipinski definition) is 0. The van der Waals surface area contributed by atoms with E-state index < -0.39 is 4.33 Å². The third kappa shape index (κ3) is 4.44. The molecule has 0 saturated carbocycles. The summed E-state index contributed by atoms with van der Waals surface area (Å²) in [7, 11) is 0. The molecule has 1 rings (SSSR count). The van der Waals surface area contributed by atoms with Gasteiger partial charge in [0.15, 0.2) is 0 Å². The highest BCUT2D eigenvalue weighted by Crippen LogP contribution is 2.37. The van der Waals surface area contributed by atoms with Crippen LogP contribution in [0.5, 0.6) is 0 Å². The van der Waals surface area contributed by atoms with Crippen LogP contribution >= 0.6 is 35.6 Å². The molecule has 0 amide bonds. The van der Waals surface area contributed by atoms with E-state index >= 15 is 0 Å². The SMILES string of the molecule is CCCN(C1C=CC(Cl)(Cl)C1)C(C)(C)C.Cl. The van der Waals surface area contributed by atoms with Gasteiger partial charge >= 0.3 is 0 Å². The van der Waals surface area contributed by atoms with Crippen molar-refractivity contribution in [1.82, 2.24) is 4.90 Å². The molecule has 1 unspecified atom stereocenters. The van der Waals surface area contributed by atoms with Crippen LogP contribution in [-0.4, -0.2) is 27.4 Å². The van der Waals surface area contributed by atoms with Gasteiger partial charge in [-0.1, -0.05) is 42.3 Å². The lowest BCUT2D eigenvalue weighted by Crippen LogP contribution is -2.47. The molecule has 0 N–H and O–H groups in total. The van der Waals surface area contributed by atoms with Gasteiger partial charge in [-0.15, -0.1) is 12.4 Å². The quantitative estimate of drug-likeness (QED) is 0.548. The number of alkyl halides is 2. The number of hydrogen-bond acceptors (Lipinski definition) is 1. The maximum absolute atomic E-state index is 6.11. The van der Waals surface area contributed by atoms with Crippen LogP contribution in [0.3, 0.4) is 0 Å². The number of allylic oxidation sites excluding steroid dienone is 1. The van der Waals surface area contributed by atoms with Crippen LogP contribution < -0.4 is 0 Å². The second-order valence-corrected chi connectivity index (χ2v) is 6.80. The largest absolute Gasteiger partial charge is 0.292 e. The molecule has 0 aromatic carbocycles. The third-order valence-corrected chi connectivity index (χ3v) is 3.33. The molecule has 1 aliphatic rings. The van der Waals surface area contributed by atoms with Crippen molar-refractivity contribution in [1.29, 1.82) is 0 Å². The van der Waals surface area contributed by atoms with Crippen LogP contribution in [0, 0.1) is 0 Å². The molecule has 0 fully saturated rings. The average molecular weight is 287 g/mol. The summed E-state index contributed by atoms with van der Waals surface area (Å²) in [6.07, 6.45) is 6.00. The summed E-state index contributed by atoms with van der Waals surface area (Å²) in [5.74, 6) is 0. The lowest BCUT2D eigenvalue weighted by molar-refractivity contribution is 0.103. The molecule has 0 saturated heterocycles. The molecule has 0 spiro atoms. The maximum atomic E-state index is 6.11. The molecule has 1 aliphatic carbocycles. The maximum Gasteiger partial charge on any atom is 0.138 e. The molecule has 4 heteroatoms. The smallest absolute Gasteiger partial charge is 0.138 e. The average Bonchev–Trinajstić information content (AvgIpc) is 2.39. The Labute approximate surface area is 116 Å². The fourth-order valence-corrected chi connectivity index (χ4v) is 2.58. The van der Waals surface area contributed by atoms with Crippen molar-refractivity contribution in [3.05, 3.63) is 12.2 Å². The van der Waals surface area contributed by atoms with Crippen molar-refractivity contribution in [3.63, 3.8) is 0 Å². The minimum absolute atomic E-state index is 0. The van der Waals surface area contributed by atoms with Gasteiger partial charge in [0.05, 0.1) is 0 Å². The predicted molar refractivity (Wildman–Crippen MR) is 76.0 cm³/mol. The van der Waals surface area contributed by atoms with Crippen LogP contribution in [0.2, 0.25) is 0 Å². The van der Waals surface area contributed by atoms with Crippen LogP contribution in [0.4, 0.5) is 0 Å². The Morgan fingerprint density at radius 3 is 2.25 bits per heavy atom. The Morgan fingerprint density at radius 1 is 1.38 bits per heavy atom. The Bertz CT molecular complexity index is 243. The van der Waals surface area contributed by atoms with Crippen molar-refractivity contribution in [2.24, 2.45) is 0 Å². The highest BCUT2D eigenvalue weighted by atomic mass is 35.5. The molecule has 0 bridgehead atoms. The fourth-order valence-electron chi connectivity index (χ4n) is 2.12. The lowest BCUT2D eigenvalue weighted by Gasteiger charge is -2.40. The molecule has 0 heterocycles. The van der Waals surface area contributed by atoms with Crippen LogP contribution in [-0.2, 0) is 0 Å². The highest BCUT2D eigenvalue weighted by molar-refractivity contribution is 6.50. The van der Waals surface area contributed by atoms with E-state index in [-0.39, 0.29) is 17.9 Å². The summed E-state index contributed by atoms with van der Waals surface area (Å²) in [5, 5.41) is 0. The lowest BCUT2D eigenvalue weighted by atomic mass is 10.0. The summed E-state index contributed by atoms with van der Waals surface area (Å²) in [6.45, 7) is 9.99. The van der Waals surface area contributed by atoms with Crippen molar-refractivity contribution >= 4 is 35.6 Å². The summed E-state index contributed by atoms with van der Waals surface area (Å²) in [6, 6.07) is 0.375. The predicted octanol–water partition coefficient (Wildman–Crippen LogP) is 4.42. The summed E-state index contributed by atoms with van der Waals surface area (Å²) in [4.78, 5) is 2.47. The van der Waals surface area contributed by atoms with Gasteiger partial charge in [0, 0.05) is 18.0 Å². The number of rotatable bonds is 3. The van der Waals surface area contributed by atoms with Gasteiger partial charge in [0.2, 0.25) is 0 Å². The van der Waals surface area contributed by atoms with Gasteiger partial charge in [-0.3, -0.25) is 4.90 Å². The molecule has 0 aromatic heterocycles. The number of halogens is 3. The third-order valence-electron chi connectivity index (χ3n) is 2.77. The van der Waals surface area contributed by atoms with Gasteiger partial charge in [-0.05, 0) is 33.7 Å². The molecular weight excluding hydrogens is 264 g/mol. The second kappa shape index (κ2) is 5.95. The molecule has 96 valence electrons. The molecule has 16 heavy (non-hydrogen) atoms. The van der Waals surface area contributed by atoms with Gasteiger partial charge in [-0.25, -0.2) is 0 Å². The normalized spacial score (nSPS) is 23.6. The first-order chi connectivity index (χ1) is 6.76. The van der Waals surface area contributed by atoms with Gasteiger partial charge in [-0.2, -0.15) is 0 Å². The molecule has 1 atom stereocenters. The van der Waals surface area contributed by atoms with E-state index in [9.17, 15) is 0 Å². The standard InChI is InChI=1S/C12H21Cl2N.ClH/c1-5-8-15(11(2,3)4)10-6-7-12(13,14)9-10;/h6-7,10H,5,8-9H2,1-4H3;1H. The second-order valence-electron chi connectivity index (χ2n) is 5.26. The van der Waals surface area contributed by atoms with Crippen LogP contribution in [0.15, 0.2) is 12.2 Å². The Morgan fingerprint density at radius 2 is 1.94 bits per heavy atom. The summed E-state index contributed by atoms with van der Waals surface area (Å²) < 4.78 is -0.665. The van der Waals surface area contributed by atoms with Crippen molar-refractivity contribution in [2.75, 3.05) is 6.54 Å². The first kappa shape index (κ1) is 16.6. The monoisotopic (exact) mass is 285 g/mol. The Hall–Kier alpha value is 0.570. The Balaban J connectivity index is 0.00000225. The minimum atomic E-state index is -0.665. The van der Waals surface area contributed by atoms with E-state index in [1.807, 2.05) is 6.08 Å². The van der Waals surface area contributed by atoms with Crippen molar-refractivity contribution in [3.8, 4) is 0 Å². The first-order valence-corrected chi connectivity index (χ1v) is 6.36. The van der Waals surface area contributed by atoms with Crippen molar-refractivity contribution in [2.45, 2.75) is 56.5 Å². The van der Waals surface area contributed by atoms with Crippen molar-refractivity contribution < 1.29 is 0 Å². The zero-order valence-corrected chi connectivity index (χ0v) is 12.8. The molecule has 1 nitrogen and oxygen atoms in total. The van der Waals surface area contributed by atoms with Crippen LogP contribution in [0.25, 0.3) is 0 Å². The first-order valence-electron chi connectivity index (χ1n) is 5.60. The fraction of sp³-hybridized carbons (Fsp3) is 0.833. The molecule has 0 aromatic rings. The summed E-state index contributed by atoms with van der Waals surface area (Å²) >= 11 is 12.2. The molecular formula is C12H22Cl3N. The van der Waals surface area contributed by atoms with Gasteiger partial charge in [0.1, 0.15) is 4.33 Å². The van der Waals surface area contributed by atoms with E-state index in [0.717, 1.165) is 19.4 Å². The van der Waals surface area contributed by atoms with E-state index in [1.165, 1.54) is 0 Å². The zero-order valence-electron chi connectivity index (χ0n) is 10.5. The van der Waals surface area contributed by atoms with E-state index in [1.54, 1.807) is 0 Å². The molecule has 0 radical (unpaired) electrons. The molecule has 0 aliphatic heterocycles. The van der Waals surface area contributed by atoms with E-state index in [2.05, 4.69) is 38.7 Å². The minimum Gasteiger partial charge on any atom is -0.292 e. The number of nitrogens with zero attached hydrogens (tertiary/aromatic N) is 1.